The van der Waals surface area contributed by atoms with Crippen LogP contribution in [-0.2, 0) is 19.6 Å². The Morgan fingerprint density at radius 2 is 1.16 bits per heavy atom. The first-order chi connectivity index (χ1) is 16.8. The molecule has 2 aromatic rings. The summed E-state index contributed by atoms with van der Waals surface area (Å²) in [5.41, 5.74) is 3.80. The van der Waals surface area contributed by atoms with Gasteiger partial charge in [-0.2, -0.15) is 0 Å². The Morgan fingerprint density at radius 1 is 0.757 bits per heavy atom. The summed E-state index contributed by atoms with van der Waals surface area (Å²) in [5.74, 6) is 1.36. The Bertz CT molecular complexity index is 995. The van der Waals surface area contributed by atoms with Crippen LogP contribution in [0.5, 0.6) is 17.2 Å². The molecule has 7 nitrogen and oxygen atoms in total. The van der Waals surface area contributed by atoms with E-state index in [1.165, 1.54) is 5.56 Å². The number of rotatable bonds is 12. The van der Waals surface area contributed by atoms with E-state index in [4.69, 9.17) is 28.4 Å². The molecule has 0 aromatic heterocycles. The maximum absolute atomic E-state index is 13.7. The Balaban J connectivity index is 0.00000684. The minimum Gasteiger partial charge on any atom is -0.465 e. The van der Waals surface area contributed by atoms with Crippen molar-refractivity contribution in [2.75, 3.05) is 21.3 Å². The monoisotopic (exact) mass is 527 g/mol. The Kier molecular flexibility index (Phi) is 13.1. The van der Waals surface area contributed by atoms with Gasteiger partial charge in [0.25, 0.3) is 0 Å². The molecule has 0 aliphatic heterocycles. The van der Waals surface area contributed by atoms with E-state index in [1.54, 1.807) is 54.2 Å². The molecule has 4 unspecified atom stereocenters. The molecule has 0 N–H and O–H groups in total. The molecule has 0 saturated carbocycles. The number of ether oxygens (including phenoxy) is 6. The van der Waals surface area contributed by atoms with Crippen molar-refractivity contribution in [3.8, 4) is 17.2 Å². The molecule has 0 heterocycles. The second-order valence-electron chi connectivity index (χ2n) is 9.75. The third-order valence-electron chi connectivity index (χ3n) is 5.79. The second-order valence-corrected chi connectivity index (χ2v) is 11.0. The normalized spacial score (nSPS) is 14.1. The zero-order valence-electron chi connectivity index (χ0n) is 24.4. The first-order valence-corrected chi connectivity index (χ1v) is 13.0. The van der Waals surface area contributed by atoms with Crippen LogP contribution in [0.3, 0.4) is 0 Å². The molecule has 0 fully saturated rings. The number of aryl methyl sites for hydroxylation is 2. The van der Waals surface area contributed by atoms with Gasteiger partial charge < -0.3 is 28.4 Å². The van der Waals surface area contributed by atoms with Gasteiger partial charge in [0.1, 0.15) is 17.2 Å². The molecule has 0 spiro atoms. The Morgan fingerprint density at radius 3 is 1.54 bits per heavy atom. The topological polar surface area (TPSA) is 72.5 Å². The molecular formula is C28H41LiO7P+. The molecular weight excluding hydrogens is 486 g/mol. The molecule has 0 aliphatic carbocycles. The molecule has 0 saturated heterocycles. The SMILES string of the molecule is COC(C)Oc1cc(OC(C)OC)c(PC(=O)c2c(C)cc(C(C)(C)C)cc2C)c(OC(C)OC)c1.[Li+]. The van der Waals surface area contributed by atoms with E-state index < -0.39 is 18.9 Å². The summed E-state index contributed by atoms with van der Waals surface area (Å²) in [4.78, 5) is 13.7. The third kappa shape index (κ3) is 9.28. The zero-order valence-corrected chi connectivity index (χ0v) is 25.4. The third-order valence-corrected chi connectivity index (χ3v) is 7.01. The first-order valence-electron chi connectivity index (χ1n) is 12.0. The number of benzene rings is 2. The minimum atomic E-state index is -0.555. The van der Waals surface area contributed by atoms with Crippen LogP contribution in [0.2, 0.25) is 0 Å². The molecule has 4 atom stereocenters. The molecule has 2 rings (SSSR count). The summed E-state index contributed by atoms with van der Waals surface area (Å²) < 4.78 is 33.9. The zero-order chi connectivity index (χ0) is 27.2. The molecule has 37 heavy (non-hydrogen) atoms. The Hall–Kier alpha value is -1.58. The predicted molar refractivity (Wildman–Crippen MR) is 145 cm³/mol. The maximum atomic E-state index is 13.7. The van der Waals surface area contributed by atoms with Crippen LogP contribution in [0.25, 0.3) is 0 Å². The average Bonchev–Trinajstić information content (AvgIpc) is 2.79. The summed E-state index contributed by atoms with van der Waals surface area (Å²) >= 11 is 0. The van der Waals surface area contributed by atoms with E-state index >= 15 is 0 Å². The van der Waals surface area contributed by atoms with E-state index in [2.05, 4.69) is 32.9 Å². The van der Waals surface area contributed by atoms with Gasteiger partial charge in [-0.15, -0.1) is 0 Å². The van der Waals surface area contributed by atoms with Gasteiger partial charge in [0, 0.05) is 39.0 Å². The van der Waals surface area contributed by atoms with E-state index in [9.17, 15) is 4.79 Å². The van der Waals surface area contributed by atoms with Crippen molar-refractivity contribution in [3.05, 3.63) is 46.5 Å². The van der Waals surface area contributed by atoms with Crippen molar-refractivity contribution in [3.63, 3.8) is 0 Å². The summed E-state index contributed by atoms with van der Waals surface area (Å²) in [6.45, 7) is 15.8. The minimum absolute atomic E-state index is 0. The largest absolute Gasteiger partial charge is 1.00 e. The van der Waals surface area contributed by atoms with Crippen LogP contribution in [0.1, 0.15) is 68.6 Å². The molecule has 9 heteroatoms. The van der Waals surface area contributed by atoms with Gasteiger partial charge in [0.15, 0.2) is 24.4 Å². The van der Waals surface area contributed by atoms with Crippen LogP contribution in [0.15, 0.2) is 24.3 Å². The van der Waals surface area contributed by atoms with Crippen LogP contribution >= 0.6 is 8.58 Å². The van der Waals surface area contributed by atoms with Crippen molar-refractivity contribution in [2.45, 2.75) is 79.7 Å². The fraction of sp³-hybridized carbons (Fsp3) is 0.536. The quantitative estimate of drug-likeness (QED) is 0.239. The fourth-order valence-electron chi connectivity index (χ4n) is 3.57. The molecule has 0 radical (unpaired) electrons. The van der Waals surface area contributed by atoms with Crippen LogP contribution in [0.4, 0.5) is 0 Å². The predicted octanol–water partition coefficient (Wildman–Crippen LogP) is 2.86. The standard InChI is InChI=1S/C28H41O7P.Li/c1-16-12-21(28(6,7)8)13-17(2)25(16)27(29)36-26-23(34-19(4)31-10)14-22(33-18(3)30-9)15-24(26)35-20(5)32-11;/h12-15,18-20,36H,1-11H3;/q;+1. The second kappa shape index (κ2) is 14.5. The van der Waals surface area contributed by atoms with Crippen LogP contribution in [-0.4, -0.2) is 45.7 Å². The van der Waals surface area contributed by atoms with Gasteiger partial charge in [-0.25, -0.2) is 0 Å². The molecule has 0 amide bonds. The van der Waals surface area contributed by atoms with Gasteiger partial charge in [-0.05, 0) is 65.3 Å². The van der Waals surface area contributed by atoms with E-state index in [0.717, 1.165) is 11.1 Å². The summed E-state index contributed by atoms with van der Waals surface area (Å²) in [5, 5.41) is 0.615. The van der Waals surface area contributed by atoms with Gasteiger partial charge in [0.05, 0.1) is 5.30 Å². The molecule has 200 valence electrons. The van der Waals surface area contributed by atoms with Gasteiger partial charge in [0.2, 0.25) is 0 Å². The summed E-state index contributed by atoms with van der Waals surface area (Å²) in [7, 11) is 4.41. The summed E-state index contributed by atoms with van der Waals surface area (Å²) in [6, 6.07) is 7.66. The molecule has 0 aliphatic rings. The first kappa shape index (κ1) is 33.4. The number of hydrogen-bond donors (Lipinski definition) is 0. The average molecular weight is 528 g/mol. The fourth-order valence-corrected chi connectivity index (χ4v) is 4.82. The smallest absolute Gasteiger partial charge is 0.465 e. The number of methoxy groups -OCH3 is 3. The van der Waals surface area contributed by atoms with Gasteiger partial charge in [-0.1, -0.05) is 32.9 Å². The number of carbonyl (C=O) groups is 1. The van der Waals surface area contributed by atoms with E-state index in [-0.39, 0.29) is 38.4 Å². The van der Waals surface area contributed by atoms with Crippen molar-refractivity contribution in [2.24, 2.45) is 0 Å². The van der Waals surface area contributed by atoms with E-state index in [0.29, 0.717) is 28.1 Å². The van der Waals surface area contributed by atoms with Crippen molar-refractivity contribution >= 4 is 19.4 Å². The van der Waals surface area contributed by atoms with Gasteiger partial charge in [-0.3, -0.25) is 4.79 Å². The maximum Gasteiger partial charge on any atom is 1.00 e. The van der Waals surface area contributed by atoms with Crippen LogP contribution < -0.4 is 38.4 Å². The van der Waals surface area contributed by atoms with Crippen LogP contribution in [0, 0.1) is 13.8 Å². The summed E-state index contributed by atoms with van der Waals surface area (Å²) in [6.07, 6.45) is -1.60. The molecule has 2 aromatic carbocycles. The number of carbonyl (C=O) groups excluding carboxylic acids is 1. The molecule has 0 bridgehead atoms. The number of hydrogen-bond acceptors (Lipinski definition) is 7. The van der Waals surface area contributed by atoms with E-state index in [1.807, 2.05) is 13.8 Å². The Labute approximate surface area is 235 Å². The van der Waals surface area contributed by atoms with Crippen molar-refractivity contribution in [1.29, 1.82) is 0 Å². The van der Waals surface area contributed by atoms with Crippen molar-refractivity contribution in [1.82, 2.24) is 0 Å². The van der Waals surface area contributed by atoms with Crippen molar-refractivity contribution < 1.29 is 52.1 Å². The van der Waals surface area contributed by atoms with Gasteiger partial charge >= 0.3 is 18.9 Å².